The number of hydrogen-bond acceptors (Lipinski definition) is 6. The number of methoxy groups -OCH3 is 2. The molecule has 0 spiro atoms. The van der Waals surface area contributed by atoms with E-state index < -0.39 is 6.10 Å². The standard InChI is InChI=1S/C31H27N3O5/c1-18(30(35)33-14-12-19-8-11-26(37-2)27(16-19)38-3)39-20-9-10-25-24(17-20)22-13-15-32-28-21-6-4-5-7-23(21)31(36)34(25)29(22)28/h4-11,13,15-18H,12,14H2,1-3H3,(H,33,35)/t18-/m0/s1. The van der Waals surface area contributed by atoms with E-state index >= 15 is 0 Å². The molecule has 6 rings (SSSR count). The zero-order valence-electron chi connectivity index (χ0n) is 21.9. The van der Waals surface area contributed by atoms with Crippen LogP contribution in [0.2, 0.25) is 0 Å². The molecule has 8 heteroatoms. The number of hydrogen-bond donors (Lipinski definition) is 1. The van der Waals surface area contributed by atoms with Gasteiger partial charge in [-0.2, -0.15) is 0 Å². The van der Waals surface area contributed by atoms with Crippen LogP contribution < -0.4 is 25.1 Å². The van der Waals surface area contributed by atoms with Crippen LogP contribution >= 0.6 is 0 Å². The van der Waals surface area contributed by atoms with Crippen molar-refractivity contribution in [2.24, 2.45) is 0 Å². The normalized spacial score (nSPS) is 12.3. The monoisotopic (exact) mass is 521 g/mol. The van der Waals surface area contributed by atoms with E-state index in [-0.39, 0.29) is 11.5 Å². The third-order valence-electron chi connectivity index (χ3n) is 7.11. The molecule has 196 valence electrons. The highest BCUT2D eigenvalue weighted by Gasteiger charge is 2.19. The van der Waals surface area contributed by atoms with E-state index in [1.54, 1.807) is 37.8 Å². The summed E-state index contributed by atoms with van der Waals surface area (Å²) in [6, 6.07) is 20.7. The Bertz CT molecular complexity index is 1910. The summed E-state index contributed by atoms with van der Waals surface area (Å²) in [7, 11) is 3.19. The topological polar surface area (TPSA) is 91.2 Å². The molecular weight excluding hydrogens is 494 g/mol. The summed E-state index contributed by atoms with van der Waals surface area (Å²) in [5.74, 6) is 1.65. The average molecular weight is 522 g/mol. The lowest BCUT2D eigenvalue weighted by molar-refractivity contribution is -0.127. The summed E-state index contributed by atoms with van der Waals surface area (Å²) in [6.07, 6.45) is 1.69. The molecule has 0 saturated heterocycles. The smallest absolute Gasteiger partial charge is 0.263 e. The summed E-state index contributed by atoms with van der Waals surface area (Å²) < 4.78 is 18.4. The van der Waals surface area contributed by atoms with Crippen LogP contribution in [0, 0.1) is 0 Å². The Hall–Kier alpha value is -4.85. The van der Waals surface area contributed by atoms with Gasteiger partial charge in [0.05, 0.1) is 30.8 Å². The maximum atomic E-state index is 13.4. The lowest BCUT2D eigenvalue weighted by atomic mass is 10.1. The maximum absolute atomic E-state index is 13.4. The Morgan fingerprint density at radius 1 is 0.923 bits per heavy atom. The van der Waals surface area contributed by atoms with Gasteiger partial charge in [-0.15, -0.1) is 0 Å². The Morgan fingerprint density at radius 2 is 1.72 bits per heavy atom. The molecule has 0 radical (unpaired) electrons. The van der Waals surface area contributed by atoms with Crippen molar-refractivity contribution in [3.8, 4) is 17.2 Å². The molecule has 0 saturated carbocycles. The van der Waals surface area contributed by atoms with E-state index in [1.165, 1.54) is 0 Å². The Kier molecular flexibility index (Phi) is 6.15. The minimum Gasteiger partial charge on any atom is -0.493 e. The molecule has 0 bridgehead atoms. The molecule has 6 aromatic rings. The number of aromatic nitrogens is 2. The maximum Gasteiger partial charge on any atom is 0.263 e. The van der Waals surface area contributed by atoms with Gasteiger partial charge in [-0.1, -0.05) is 24.3 Å². The molecular formula is C31H27N3O5. The Morgan fingerprint density at radius 3 is 2.51 bits per heavy atom. The fourth-order valence-electron chi connectivity index (χ4n) is 5.19. The predicted molar refractivity (Wildman–Crippen MR) is 152 cm³/mol. The van der Waals surface area contributed by atoms with Gasteiger partial charge in [-0.25, -0.2) is 0 Å². The second-order valence-electron chi connectivity index (χ2n) is 9.41. The van der Waals surface area contributed by atoms with E-state index in [9.17, 15) is 9.59 Å². The Balaban J connectivity index is 1.23. The molecule has 1 atom stereocenters. The number of amides is 1. The fraction of sp³-hybridized carbons (Fsp3) is 0.194. The number of ether oxygens (including phenoxy) is 3. The summed E-state index contributed by atoms with van der Waals surface area (Å²) in [5.41, 5.74) is 3.28. The van der Waals surface area contributed by atoms with Crippen molar-refractivity contribution < 1.29 is 19.0 Å². The van der Waals surface area contributed by atoms with Crippen molar-refractivity contribution in [3.63, 3.8) is 0 Å². The minimum absolute atomic E-state index is 0.0815. The molecule has 0 aliphatic rings. The van der Waals surface area contributed by atoms with Crippen LogP contribution in [0.3, 0.4) is 0 Å². The van der Waals surface area contributed by atoms with Crippen molar-refractivity contribution >= 4 is 44.0 Å². The first-order chi connectivity index (χ1) is 19.0. The summed E-state index contributed by atoms with van der Waals surface area (Å²) in [4.78, 5) is 30.8. The third kappa shape index (κ3) is 4.14. The van der Waals surface area contributed by atoms with Gasteiger partial charge in [0.15, 0.2) is 17.6 Å². The largest absolute Gasteiger partial charge is 0.493 e. The van der Waals surface area contributed by atoms with Crippen molar-refractivity contribution in [1.29, 1.82) is 0 Å². The number of nitrogens with zero attached hydrogens (tertiary/aromatic N) is 2. The van der Waals surface area contributed by atoms with Gasteiger partial charge < -0.3 is 19.5 Å². The van der Waals surface area contributed by atoms with E-state index in [4.69, 9.17) is 14.2 Å². The molecule has 1 N–H and O–H groups in total. The van der Waals surface area contributed by atoms with Gasteiger partial charge in [0, 0.05) is 34.3 Å². The highest BCUT2D eigenvalue weighted by Crippen LogP contribution is 2.34. The lowest BCUT2D eigenvalue weighted by Gasteiger charge is -2.15. The second kappa shape index (κ2) is 9.79. The summed E-state index contributed by atoms with van der Waals surface area (Å²) >= 11 is 0. The van der Waals surface area contributed by atoms with Gasteiger partial charge in [0.25, 0.3) is 11.5 Å². The first-order valence-electron chi connectivity index (χ1n) is 12.7. The molecule has 0 fully saturated rings. The molecule has 1 amide bonds. The molecule has 3 heterocycles. The van der Waals surface area contributed by atoms with Gasteiger partial charge in [-0.3, -0.25) is 19.0 Å². The number of nitrogens with one attached hydrogen (secondary N) is 1. The van der Waals surface area contributed by atoms with Crippen LogP contribution in [0.1, 0.15) is 12.5 Å². The highest BCUT2D eigenvalue weighted by molar-refractivity contribution is 6.18. The van der Waals surface area contributed by atoms with Crippen molar-refractivity contribution in [2.45, 2.75) is 19.4 Å². The number of carbonyl (C=O) groups excluding carboxylic acids is 1. The van der Waals surface area contributed by atoms with Crippen LogP contribution in [0.25, 0.3) is 38.1 Å². The van der Waals surface area contributed by atoms with E-state index in [1.807, 2.05) is 60.7 Å². The van der Waals surface area contributed by atoms with Crippen molar-refractivity contribution in [3.05, 3.63) is 88.8 Å². The second-order valence-corrected chi connectivity index (χ2v) is 9.41. The quantitative estimate of drug-likeness (QED) is 0.291. The minimum atomic E-state index is -0.708. The zero-order valence-corrected chi connectivity index (χ0v) is 21.9. The number of benzene rings is 3. The number of pyridine rings is 2. The summed E-state index contributed by atoms with van der Waals surface area (Å²) in [6.45, 7) is 2.17. The zero-order chi connectivity index (χ0) is 27.1. The van der Waals surface area contributed by atoms with Crippen LogP contribution in [0.5, 0.6) is 17.2 Å². The van der Waals surface area contributed by atoms with Gasteiger partial charge in [0.1, 0.15) is 5.75 Å². The summed E-state index contributed by atoms with van der Waals surface area (Å²) in [5, 5.41) is 6.17. The molecule has 39 heavy (non-hydrogen) atoms. The highest BCUT2D eigenvalue weighted by atomic mass is 16.5. The molecule has 0 aliphatic carbocycles. The lowest BCUT2D eigenvalue weighted by Crippen LogP contribution is -2.37. The van der Waals surface area contributed by atoms with Crippen LogP contribution in [0.4, 0.5) is 0 Å². The van der Waals surface area contributed by atoms with Crippen molar-refractivity contribution in [1.82, 2.24) is 14.7 Å². The molecule has 0 aliphatic heterocycles. The number of carbonyl (C=O) groups is 1. The first-order valence-corrected chi connectivity index (χ1v) is 12.7. The molecule has 3 aromatic carbocycles. The Labute approximate surface area is 224 Å². The average Bonchev–Trinajstić information content (AvgIpc) is 3.30. The van der Waals surface area contributed by atoms with Crippen LogP contribution in [0.15, 0.2) is 77.7 Å². The molecule has 3 aromatic heterocycles. The van der Waals surface area contributed by atoms with Gasteiger partial charge in [-0.05, 0) is 61.4 Å². The van der Waals surface area contributed by atoms with E-state index in [0.29, 0.717) is 35.6 Å². The third-order valence-corrected chi connectivity index (χ3v) is 7.11. The number of rotatable bonds is 8. The van der Waals surface area contributed by atoms with E-state index in [2.05, 4.69) is 10.3 Å². The number of fused-ring (bicyclic) bond motifs is 5. The van der Waals surface area contributed by atoms with Crippen LogP contribution in [-0.4, -0.2) is 42.2 Å². The van der Waals surface area contributed by atoms with Gasteiger partial charge in [0.2, 0.25) is 0 Å². The van der Waals surface area contributed by atoms with E-state index in [0.717, 1.165) is 38.3 Å². The SMILES string of the molecule is COc1ccc(CCNC(=O)[C@H](C)Oc2ccc3c(c2)c2ccnc4c5ccccc5c(=O)n3c24)cc1OC. The first kappa shape index (κ1) is 24.5. The molecule has 0 unspecified atom stereocenters. The van der Waals surface area contributed by atoms with Crippen LogP contribution in [-0.2, 0) is 11.2 Å². The van der Waals surface area contributed by atoms with Crippen molar-refractivity contribution in [2.75, 3.05) is 20.8 Å². The predicted octanol–water partition coefficient (Wildman–Crippen LogP) is 4.74. The van der Waals surface area contributed by atoms with Gasteiger partial charge >= 0.3 is 0 Å². The molecule has 8 nitrogen and oxygen atoms in total. The fourth-order valence-corrected chi connectivity index (χ4v) is 5.19.